The van der Waals surface area contributed by atoms with Crippen molar-refractivity contribution in [3.05, 3.63) is 48.4 Å². The van der Waals surface area contributed by atoms with Crippen molar-refractivity contribution in [2.45, 2.75) is 25.7 Å². The fourth-order valence-electron chi connectivity index (χ4n) is 2.73. The van der Waals surface area contributed by atoms with Gasteiger partial charge in [-0.25, -0.2) is 0 Å². The van der Waals surface area contributed by atoms with Gasteiger partial charge in [0.25, 0.3) is 5.91 Å². The lowest BCUT2D eigenvalue weighted by molar-refractivity contribution is -0.134. The van der Waals surface area contributed by atoms with E-state index in [1.54, 1.807) is 41.3 Å². The molecule has 1 aliphatic heterocycles. The molecule has 7 heteroatoms. The highest BCUT2D eigenvalue weighted by Gasteiger charge is 2.21. The highest BCUT2D eigenvalue weighted by Crippen LogP contribution is 2.24. The highest BCUT2D eigenvalue weighted by atomic mass is 16.5. The summed E-state index contributed by atoms with van der Waals surface area (Å²) >= 11 is 0. The van der Waals surface area contributed by atoms with E-state index in [0.717, 1.165) is 18.7 Å². The number of amides is 2. The van der Waals surface area contributed by atoms with Crippen LogP contribution in [-0.2, 0) is 9.59 Å². The Bertz CT molecular complexity index is 768. The fourth-order valence-corrected chi connectivity index (χ4v) is 2.73. The maximum absolute atomic E-state index is 11.9. The summed E-state index contributed by atoms with van der Waals surface area (Å²) in [4.78, 5) is 37.0. The molecule has 0 spiro atoms. The van der Waals surface area contributed by atoms with Gasteiger partial charge in [0.15, 0.2) is 5.76 Å². The zero-order valence-electron chi connectivity index (χ0n) is 14.3. The highest BCUT2D eigenvalue weighted by molar-refractivity contribution is 5.95. The molecule has 136 valence electrons. The Morgan fingerprint density at radius 2 is 2.00 bits per heavy atom. The van der Waals surface area contributed by atoms with Gasteiger partial charge in [-0.2, -0.15) is 0 Å². The average molecular weight is 356 g/mol. The molecule has 0 bridgehead atoms. The van der Waals surface area contributed by atoms with Gasteiger partial charge in [-0.3, -0.25) is 14.4 Å². The number of esters is 1. The molecule has 0 radical (unpaired) electrons. The van der Waals surface area contributed by atoms with Crippen LogP contribution in [0.15, 0.2) is 47.1 Å². The Hall–Kier alpha value is -3.09. The predicted octanol–water partition coefficient (Wildman–Crippen LogP) is 2.52. The van der Waals surface area contributed by atoms with Gasteiger partial charge in [-0.05, 0) is 49.2 Å². The quantitative estimate of drug-likeness (QED) is 0.468. The third-order valence-electron chi connectivity index (χ3n) is 4.04. The Morgan fingerprint density at radius 1 is 1.19 bits per heavy atom. The van der Waals surface area contributed by atoms with Crippen LogP contribution in [0.25, 0.3) is 0 Å². The molecule has 26 heavy (non-hydrogen) atoms. The first-order chi connectivity index (χ1) is 12.6. The number of nitrogens with zero attached hydrogens (tertiary/aromatic N) is 1. The molecule has 1 fully saturated rings. The van der Waals surface area contributed by atoms with Crippen LogP contribution in [0.1, 0.15) is 36.2 Å². The van der Waals surface area contributed by atoms with E-state index in [4.69, 9.17) is 9.15 Å². The Morgan fingerprint density at radius 3 is 2.65 bits per heavy atom. The van der Waals surface area contributed by atoms with Crippen LogP contribution in [0.5, 0.6) is 5.75 Å². The van der Waals surface area contributed by atoms with Crippen molar-refractivity contribution >= 4 is 23.5 Å². The van der Waals surface area contributed by atoms with E-state index >= 15 is 0 Å². The molecule has 7 nitrogen and oxygen atoms in total. The van der Waals surface area contributed by atoms with Crippen molar-refractivity contribution in [1.82, 2.24) is 5.32 Å². The van der Waals surface area contributed by atoms with Gasteiger partial charge in [-0.1, -0.05) is 0 Å². The molecule has 0 unspecified atom stereocenters. The molecule has 0 saturated carbocycles. The molecule has 1 saturated heterocycles. The second kappa shape index (κ2) is 8.33. The van der Waals surface area contributed by atoms with Crippen LogP contribution in [0.2, 0.25) is 0 Å². The molecular formula is C19H20N2O5. The SMILES string of the molecule is O=C(CCCNC(=O)c1ccco1)Oc1ccc(N2CCCC2=O)cc1. The third-order valence-corrected chi connectivity index (χ3v) is 4.04. The van der Waals surface area contributed by atoms with Crippen LogP contribution in [0.4, 0.5) is 5.69 Å². The number of nitrogens with one attached hydrogen (secondary N) is 1. The average Bonchev–Trinajstić information content (AvgIpc) is 3.31. The van der Waals surface area contributed by atoms with E-state index < -0.39 is 0 Å². The van der Waals surface area contributed by atoms with Crippen LogP contribution >= 0.6 is 0 Å². The minimum atomic E-state index is -0.373. The number of rotatable bonds is 7. The van der Waals surface area contributed by atoms with Crippen LogP contribution in [0, 0.1) is 0 Å². The number of hydrogen-bond acceptors (Lipinski definition) is 5. The summed E-state index contributed by atoms with van der Waals surface area (Å²) in [6.07, 6.45) is 3.52. The molecule has 1 aromatic carbocycles. The van der Waals surface area contributed by atoms with Crippen molar-refractivity contribution in [1.29, 1.82) is 0 Å². The summed E-state index contributed by atoms with van der Waals surface area (Å²) < 4.78 is 10.2. The van der Waals surface area contributed by atoms with Gasteiger partial charge in [-0.15, -0.1) is 0 Å². The van der Waals surface area contributed by atoms with Crippen molar-refractivity contribution in [3.63, 3.8) is 0 Å². The second-order valence-corrected chi connectivity index (χ2v) is 5.95. The van der Waals surface area contributed by atoms with E-state index in [-0.39, 0.29) is 30.0 Å². The number of carbonyl (C=O) groups excluding carboxylic acids is 3. The van der Waals surface area contributed by atoms with Crippen LogP contribution in [0.3, 0.4) is 0 Å². The molecule has 2 amide bonds. The molecule has 3 rings (SSSR count). The van der Waals surface area contributed by atoms with E-state index in [1.165, 1.54) is 6.26 Å². The standard InChI is InChI=1S/C19H20N2O5/c22-17-5-2-12-21(17)14-7-9-15(10-8-14)26-18(23)6-1-11-20-19(24)16-4-3-13-25-16/h3-4,7-10,13H,1-2,5-6,11-12H2,(H,20,24). The van der Waals surface area contributed by atoms with Gasteiger partial charge in [0.1, 0.15) is 5.75 Å². The van der Waals surface area contributed by atoms with E-state index in [1.807, 2.05) is 0 Å². The summed E-state index contributed by atoms with van der Waals surface area (Å²) in [6.45, 7) is 1.08. The fraction of sp³-hybridized carbons (Fsp3) is 0.316. The number of ether oxygens (including phenoxy) is 1. The summed E-state index contributed by atoms with van der Waals surface area (Å²) in [7, 11) is 0. The number of carbonyl (C=O) groups is 3. The molecule has 0 atom stereocenters. The Labute approximate surface area is 150 Å². The zero-order valence-corrected chi connectivity index (χ0v) is 14.3. The predicted molar refractivity (Wildman–Crippen MR) is 93.9 cm³/mol. The lowest BCUT2D eigenvalue weighted by atomic mass is 10.2. The third kappa shape index (κ3) is 4.50. The molecule has 0 aliphatic carbocycles. The number of hydrogen-bond donors (Lipinski definition) is 1. The molecule has 1 N–H and O–H groups in total. The lowest BCUT2D eigenvalue weighted by Gasteiger charge is -2.15. The smallest absolute Gasteiger partial charge is 0.311 e. The van der Waals surface area contributed by atoms with Crippen molar-refractivity contribution < 1.29 is 23.5 Å². The van der Waals surface area contributed by atoms with Crippen LogP contribution < -0.4 is 15.0 Å². The summed E-state index contributed by atoms with van der Waals surface area (Å²) in [6, 6.07) is 10.1. The van der Waals surface area contributed by atoms with Crippen LogP contribution in [-0.4, -0.2) is 30.9 Å². The Balaban J connectivity index is 1.39. The van der Waals surface area contributed by atoms with Gasteiger partial charge in [0.05, 0.1) is 6.26 Å². The molecule has 2 heterocycles. The lowest BCUT2D eigenvalue weighted by Crippen LogP contribution is -2.24. The number of furan rings is 1. The molecule has 1 aliphatic rings. The monoisotopic (exact) mass is 356 g/mol. The minimum Gasteiger partial charge on any atom is -0.459 e. The Kier molecular flexibility index (Phi) is 5.68. The normalized spacial score (nSPS) is 13.7. The van der Waals surface area contributed by atoms with Gasteiger partial charge >= 0.3 is 5.97 Å². The van der Waals surface area contributed by atoms with Crippen molar-refractivity contribution in [2.75, 3.05) is 18.0 Å². The summed E-state index contributed by atoms with van der Waals surface area (Å²) in [5.41, 5.74) is 0.813. The second-order valence-electron chi connectivity index (χ2n) is 5.95. The maximum Gasteiger partial charge on any atom is 0.311 e. The summed E-state index contributed by atoms with van der Waals surface area (Å²) in [5.74, 6) is 0.109. The van der Waals surface area contributed by atoms with Gasteiger partial charge < -0.3 is 19.4 Å². The first kappa shape index (κ1) is 17.7. The minimum absolute atomic E-state index is 0.117. The van der Waals surface area contributed by atoms with E-state index in [2.05, 4.69) is 5.32 Å². The molecule has 1 aromatic heterocycles. The largest absolute Gasteiger partial charge is 0.459 e. The first-order valence-electron chi connectivity index (χ1n) is 8.56. The maximum atomic E-state index is 11.9. The topological polar surface area (TPSA) is 88.8 Å². The van der Waals surface area contributed by atoms with Gasteiger partial charge in [0, 0.05) is 31.6 Å². The number of anilines is 1. The van der Waals surface area contributed by atoms with Crippen molar-refractivity contribution in [2.24, 2.45) is 0 Å². The molecule has 2 aromatic rings. The van der Waals surface area contributed by atoms with Gasteiger partial charge in [0.2, 0.25) is 5.91 Å². The zero-order chi connectivity index (χ0) is 18.4. The summed E-state index contributed by atoms with van der Waals surface area (Å²) in [5, 5.41) is 2.67. The molecular weight excluding hydrogens is 336 g/mol. The van der Waals surface area contributed by atoms with Crippen molar-refractivity contribution in [3.8, 4) is 5.75 Å². The first-order valence-corrected chi connectivity index (χ1v) is 8.56. The van der Waals surface area contributed by atoms with E-state index in [0.29, 0.717) is 25.1 Å². The number of benzene rings is 1. The van der Waals surface area contributed by atoms with E-state index in [9.17, 15) is 14.4 Å².